The summed E-state index contributed by atoms with van der Waals surface area (Å²) in [7, 11) is -1.04. The molecule has 0 saturated carbocycles. The van der Waals surface area contributed by atoms with E-state index in [1.165, 1.54) is 0 Å². The Morgan fingerprint density at radius 2 is 1.21 bits per heavy atom. The van der Waals surface area contributed by atoms with Gasteiger partial charge in [0.15, 0.2) is 0 Å². The van der Waals surface area contributed by atoms with Crippen LogP contribution in [0.25, 0.3) is 0 Å². The van der Waals surface area contributed by atoms with Crippen molar-refractivity contribution in [3.63, 3.8) is 0 Å². The van der Waals surface area contributed by atoms with Crippen LogP contribution >= 0.6 is 7.92 Å². The number of aromatic hydroxyl groups is 1. The van der Waals surface area contributed by atoms with Gasteiger partial charge in [-0.1, -0.05) is 109 Å². The molecular formula is C43H63N2O6P. The summed E-state index contributed by atoms with van der Waals surface area (Å²) in [6.07, 6.45) is 1.98. The molecule has 3 aromatic carbocycles. The lowest BCUT2D eigenvalue weighted by Crippen LogP contribution is -2.41. The second kappa shape index (κ2) is 22.7. The summed E-state index contributed by atoms with van der Waals surface area (Å²) < 4.78 is 17.0. The van der Waals surface area contributed by atoms with E-state index in [1.807, 2.05) is 42.5 Å². The Kier molecular flexibility index (Phi) is 18.8. The van der Waals surface area contributed by atoms with Crippen molar-refractivity contribution in [2.75, 3.05) is 52.7 Å². The van der Waals surface area contributed by atoms with Crippen LogP contribution in [0.5, 0.6) is 5.75 Å². The van der Waals surface area contributed by atoms with Gasteiger partial charge in [0.05, 0.1) is 26.4 Å². The second-order valence-corrected chi connectivity index (χ2v) is 16.8. The lowest BCUT2D eigenvalue weighted by molar-refractivity contribution is -0.125. The molecule has 286 valence electrons. The number of carbonyl (C=O) groups is 2. The number of rotatable bonds is 24. The third-order valence-corrected chi connectivity index (χ3v) is 13.0. The van der Waals surface area contributed by atoms with Gasteiger partial charge in [0, 0.05) is 43.6 Å². The molecule has 0 aliphatic rings. The number of phenols is 1. The largest absolute Gasteiger partial charge is 0.507 e. The van der Waals surface area contributed by atoms with E-state index >= 15 is 0 Å². The smallest absolute Gasteiger partial charge is 0.251 e. The van der Waals surface area contributed by atoms with E-state index in [-0.39, 0.29) is 23.0 Å². The van der Waals surface area contributed by atoms with Gasteiger partial charge < -0.3 is 30.0 Å². The van der Waals surface area contributed by atoms with Crippen LogP contribution in [0, 0.1) is 29.1 Å². The molecule has 8 nitrogen and oxygen atoms in total. The summed E-state index contributed by atoms with van der Waals surface area (Å²) in [5.74, 6) is 2.13. The van der Waals surface area contributed by atoms with E-state index < -0.39 is 7.92 Å². The molecule has 9 heteroatoms. The van der Waals surface area contributed by atoms with Crippen LogP contribution in [-0.4, -0.2) is 69.7 Å². The van der Waals surface area contributed by atoms with Gasteiger partial charge in [0.2, 0.25) is 5.91 Å². The Labute approximate surface area is 314 Å². The fourth-order valence-electron chi connectivity index (χ4n) is 6.32. The van der Waals surface area contributed by atoms with Crippen molar-refractivity contribution in [2.24, 2.45) is 29.1 Å². The number of hydrogen-bond acceptors (Lipinski definition) is 6. The molecule has 3 aromatic rings. The third-order valence-electron chi connectivity index (χ3n) is 10.5. The fourth-order valence-corrected chi connectivity index (χ4v) is 8.69. The van der Waals surface area contributed by atoms with Gasteiger partial charge in [-0.05, 0) is 78.7 Å². The second-order valence-electron chi connectivity index (χ2n) is 14.6. The lowest BCUT2D eigenvalue weighted by Gasteiger charge is -2.43. The number of ether oxygens (including phenoxy) is 3. The number of nitrogens with one attached hydrogen (secondary N) is 2. The molecule has 0 heterocycles. The molecule has 0 saturated heterocycles. The van der Waals surface area contributed by atoms with Crippen LogP contribution in [-0.2, 0) is 19.0 Å². The highest BCUT2D eigenvalue weighted by Gasteiger charge is 2.39. The number of amides is 2. The lowest BCUT2D eigenvalue weighted by atomic mass is 9.62. The zero-order valence-corrected chi connectivity index (χ0v) is 33.4. The first-order valence-corrected chi connectivity index (χ1v) is 20.3. The van der Waals surface area contributed by atoms with E-state index in [9.17, 15) is 14.7 Å². The van der Waals surface area contributed by atoms with E-state index in [2.05, 4.69) is 83.4 Å². The summed E-state index contributed by atoms with van der Waals surface area (Å²) in [4.78, 5) is 25.8. The van der Waals surface area contributed by atoms with Crippen LogP contribution < -0.4 is 26.5 Å². The van der Waals surface area contributed by atoms with E-state index in [0.717, 1.165) is 22.3 Å². The van der Waals surface area contributed by atoms with E-state index in [0.29, 0.717) is 94.8 Å². The van der Waals surface area contributed by atoms with E-state index in [1.54, 1.807) is 12.1 Å². The van der Waals surface area contributed by atoms with Crippen molar-refractivity contribution in [1.29, 1.82) is 0 Å². The average Bonchev–Trinajstić information content (AvgIpc) is 3.14. The van der Waals surface area contributed by atoms with Crippen LogP contribution in [0.15, 0.2) is 78.9 Å². The van der Waals surface area contributed by atoms with Crippen LogP contribution in [0.2, 0.25) is 0 Å². The third kappa shape index (κ3) is 13.6. The minimum absolute atomic E-state index is 0.0435. The Morgan fingerprint density at radius 3 is 1.71 bits per heavy atom. The number of benzene rings is 3. The first-order chi connectivity index (χ1) is 25.0. The van der Waals surface area contributed by atoms with Gasteiger partial charge in [-0.2, -0.15) is 0 Å². The van der Waals surface area contributed by atoms with Gasteiger partial charge in [-0.3, -0.25) is 9.59 Å². The minimum atomic E-state index is -1.04. The van der Waals surface area contributed by atoms with Crippen molar-refractivity contribution in [3.8, 4) is 5.75 Å². The van der Waals surface area contributed by atoms with Crippen molar-refractivity contribution < 1.29 is 28.9 Å². The van der Waals surface area contributed by atoms with E-state index in [4.69, 9.17) is 14.2 Å². The molecule has 0 bridgehead atoms. The van der Waals surface area contributed by atoms with Gasteiger partial charge in [0.1, 0.15) is 5.75 Å². The Bertz CT molecular complexity index is 1430. The highest BCUT2D eigenvalue weighted by Crippen LogP contribution is 2.44. The highest BCUT2D eigenvalue weighted by molar-refractivity contribution is 7.80. The van der Waals surface area contributed by atoms with Gasteiger partial charge in [-0.25, -0.2) is 0 Å². The monoisotopic (exact) mass is 734 g/mol. The predicted octanol–water partition coefficient (Wildman–Crippen LogP) is 6.81. The molecule has 3 atom stereocenters. The maximum Gasteiger partial charge on any atom is 0.251 e. The quantitative estimate of drug-likeness (QED) is 0.0691. The topological polar surface area (TPSA) is 106 Å². The van der Waals surface area contributed by atoms with Crippen molar-refractivity contribution in [1.82, 2.24) is 10.6 Å². The van der Waals surface area contributed by atoms with Gasteiger partial charge in [0.25, 0.3) is 5.91 Å². The molecule has 3 rings (SSSR count). The Hall–Kier alpha value is -3.29. The minimum Gasteiger partial charge on any atom is -0.507 e. The molecule has 52 heavy (non-hydrogen) atoms. The maximum absolute atomic E-state index is 13.0. The van der Waals surface area contributed by atoms with Crippen LogP contribution in [0.4, 0.5) is 0 Å². The maximum atomic E-state index is 13.0. The normalized spacial score (nSPS) is 14.0. The summed E-state index contributed by atoms with van der Waals surface area (Å²) in [6, 6.07) is 25.3. The molecule has 0 radical (unpaired) electrons. The van der Waals surface area contributed by atoms with Crippen molar-refractivity contribution >= 4 is 35.6 Å². The predicted molar refractivity (Wildman–Crippen MR) is 215 cm³/mol. The molecule has 0 aliphatic heterocycles. The Balaban J connectivity index is 1.25. The zero-order valence-electron chi connectivity index (χ0n) is 32.5. The average molecular weight is 735 g/mol. The molecule has 0 fully saturated rings. The summed E-state index contributed by atoms with van der Waals surface area (Å²) in [5.41, 5.74) is 0.470. The molecule has 3 N–H and O–H groups in total. The first-order valence-electron chi connectivity index (χ1n) is 19.0. The number of carbonyl (C=O) groups excluding carboxylic acids is 2. The van der Waals surface area contributed by atoms with Crippen LogP contribution in [0.1, 0.15) is 78.1 Å². The number of hydrogen-bond donors (Lipinski definition) is 3. The molecule has 0 spiro atoms. The fraction of sp³-hybridized carbons (Fsp3) is 0.535. The van der Waals surface area contributed by atoms with Crippen LogP contribution in [0.3, 0.4) is 0 Å². The van der Waals surface area contributed by atoms with Crippen molar-refractivity contribution in [2.45, 2.75) is 67.7 Å². The summed E-state index contributed by atoms with van der Waals surface area (Å²) >= 11 is 0. The molecule has 3 unspecified atom stereocenters. The zero-order chi connectivity index (χ0) is 37.9. The van der Waals surface area contributed by atoms with Crippen molar-refractivity contribution in [3.05, 3.63) is 84.4 Å². The van der Waals surface area contributed by atoms with Gasteiger partial charge in [-0.15, -0.1) is 0 Å². The summed E-state index contributed by atoms with van der Waals surface area (Å²) in [6.45, 7) is 19.9. The summed E-state index contributed by atoms with van der Waals surface area (Å²) in [5, 5.41) is 19.9. The Morgan fingerprint density at radius 1 is 0.712 bits per heavy atom. The highest BCUT2D eigenvalue weighted by atomic mass is 31.1. The standard InChI is InChI=1S/C43H63N2O6P/c1-32(2)34(5)35(6)43(7,33(3)4)31-41(47)44-22-14-24-49-26-28-51-29-27-50-25-15-23-45-42(48)36-20-21-39(46)40(30-36)52(37-16-10-8-11-17-37)38-18-12-9-13-19-38/h8-13,16-21,30,32-35,46H,14-15,22-29,31H2,1-7H3,(H,44,47)(H,45,48). The molecule has 0 aromatic heterocycles. The SMILES string of the molecule is CC(C)C(C)C(C)C(C)(CC(=O)NCCCOCCOCCOCCCNC(=O)c1ccc(O)c(P(c2ccccc2)c2ccccc2)c1)C(C)C. The number of phenolic OH excluding ortho intramolecular Hbond substituents is 1. The molecule has 2 amide bonds. The van der Waals surface area contributed by atoms with Gasteiger partial charge >= 0.3 is 0 Å². The molecular weight excluding hydrogens is 671 g/mol. The first kappa shape index (κ1) is 43.1. The molecule has 0 aliphatic carbocycles.